The molecule has 29 heavy (non-hydrogen) atoms. The number of rotatable bonds is 7. The van der Waals surface area contributed by atoms with Crippen molar-refractivity contribution >= 4 is 39.8 Å². The normalized spacial score (nSPS) is 10.4. The molecule has 2 N–H and O–H groups in total. The summed E-state index contributed by atoms with van der Waals surface area (Å²) in [5.74, 6) is -1.29. The van der Waals surface area contributed by atoms with Gasteiger partial charge in [-0.1, -0.05) is 19.1 Å². The number of benzene rings is 1. The second kappa shape index (κ2) is 9.20. The van der Waals surface area contributed by atoms with Crippen LogP contribution in [0.3, 0.4) is 0 Å². The fourth-order valence-electron chi connectivity index (χ4n) is 2.59. The maximum absolute atomic E-state index is 12.3. The van der Waals surface area contributed by atoms with Gasteiger partial charge < -0.3 is 19.8 Å². The summed E-state index contributed by atoms with van der Waals surface area (Å²) in [7, 11) is 0. The van der Waals surface area contributed by atoms with Crippen molar-refractivity contribution in [2.24, 2.45) is 0 Å². The van der Waals surface area contributed by atoms with Crippen LogP contribution in [-0.2, 0) is 16.0 Å². The molecular formula is C21H20N2O5S. The van der Waals surface area contributed by atoms with Gasteiger partial charge in [-0.15, -0.1) is 11.3 Å². The minimum absolute atomic E-state index is 0.170. The Morgan fingerprint density at radius 2 is 1.93 bits per heavy atom. The SMILES string of the molecule is CCc1cccc(NC(=O)COC(=O)c2sc(NC(=O)c3ccco3)cc2C)c1. The van der Waals surface area contributed by atoms with E-state index in [1.165, 1.54) is 6.26 Å². The smallest absolute Gasteiger partial charge is 0.349 e. The molecule has 2 amide bonds. The monoisotopic (exact) mass is 412 g/mol. The number of hydrogen-bond acceptors (Lipinski definition) is 6. The number of nitrogens with one attached hydrogen (secondary N) is 2. The lowest BCUT2D eigenvalue weighted by atomic mass is 10.1. The molecule has 1 aromatic carbocycles. The summed E-state index contributed by atoms with van der Waals surface area (Å²) in [4.78, 5) is 36.7. The average Bonchev–Trinajstić information content (AvgIpc) is 3.36. The number of carbonyl (C=O) groups excluding carboxylic acids is 3. The zero-order chi connectivity index (χ0) is 20.8. The predicted molar refractivity (Wildman–Crippen MR) is 110 cm³/mol. The summed E-state index contributed by atoms with van der Waals surface area (Å²) < 4.78 is 10.2. The molecule has 0 aliphatic rings. The standard InChI is InChI=1S/C21H20N2O5S/c1-3-14-6-4-7-15(11-14)22-17(24)12-28-21(26)19-13(2)10-18(29-19)23-20(25)16-8-5-9-27-16/h4-11H,3,12H2,1-2H3,(H,22,24)(H,23,25). The number of carbonyl (C=O) groups is 3. The van der Waals surface area contributed by atoms with E-state index in [9.17, 15) is 14.4 Å². The highest BCUT2D eigenvalue weighted by atomic mass is 32.1. The van der Waals surface area contributed by atoms with E-state index in [-0.39, 0.29) is 5.76 Å². The van der Waals surface area contributed by atoms with E-state index in [1.54, 1.807) is 31.2 Å². The third kappa shape index (κ3) is 5.32. The molecule has 8 heteroatoms. The van der Waals surface area contributed by atoms with Crippen LogP contribution in [0.2, 0.25) is 0 Å². The zero-order valence-corrected chi connectivity index (χ0v) is 16.8. The van der Waals surface area contributed by atoms with Gasteiger partial charge in [-0.25, -0.2) is 4.79 Å². The van der Waals surface area contributed by atoms with Crippen molar-refractivity contribution in [3.05, 3.63) is 70.5 Å². The Bertz CT molecular complexity index is 1020. The lowest BCUT2D eigenvalue weighted by molar-refractivity contribution is -0.119. The van der Waals surface area contributed by atoms with Crippen LogP contribution in [0.1, 0.15) is 38.3 Å². The van der Waals surface area contributed by atoms with Gasteiger partial charge in [0.15, 0.2) is 12.4 Å². The van der Waals surface area contributed by atoms with E-state index in [0.29, 0.717) is 21.1 Å². The predicted octanol–water partition coefficient (Wildman–Crippen LogP) is 4.26. The van der Waals surface area contributed by atoms with Crippen LogP contribution in [0.25, 0.3) is 0 Å². The van der Waals surface area contributed by atoms with Gasteiger partial charge in [0.1, 0.15) is 4.88 Å². The van der Waals surface area contributed by atoms with E-state index in [0.717, 1.165) is 23.3 Å². The minimum atomic E-state index is -0.622. The van der Waals surface area contributed by atoms with Gasteiger partial charge >= 0.3 is 5.97 Å². The van der Waals surface area contributed by atoms with E-state index in [1.807, 2.05) is 25.1 Å². The first-order valence-electron chi connectivity index (χ1n) is 8.97. The molecule has 150 valence electrons. The van der Waals surface area contributed by atoms with Gasteiger partial charge in [0.05, 0.1) is 11.3 Å². The van der Waals surface area contributed by atoms with Crippen LogP contribution in [0.4, 0.5) is 10.7 Å². The van der Waals surface area contributed by atoms with Crippen molar-refractivity contribution in [2.75, 3.05) is 17.2 Å². The molecule has 0 aliphatic carbocycles. The number of aryl methyl sites for hydroxylation is 2. The van der Waals surface area contributed by atoms with Crippen molar-refractivity contribution in [3.8, 4) is 0 Å². The van der Waals surface area contributed by atoms with Crippen LogP contribution in [-0.4, -0.2) is 24.4 Å². The van der Waals surface area contributed by atoms with Crippen molar-refractivity contribution in [1.29, 1.82) is 0 Å². The third-order valence-corrected chi connectivity index (χ3v) is 5.17. The highest BCUT2D eigenvalue weighted by Crippen LogP contribution is 2.27. The molecule has 0 atom stereocenters. The number of amides is 2. The van der Waals surface area contributed by atoms with Gasteiger partial charge in [0.25, 0.3) is 11.8 Å². The molecule has 0 bridgehead atoms. The van der Waals surface area contributed by atoms with Gasteiger partial charge in [-0.2, -0.15) is 0 Å². The summed E-state index contributed by atoms with van der Waals surface area (Å²) in [6, 6.07) is 12.3. The topological polar surface area (TPSA) is 97.6 Å². The number of furan rings is 1. The average molecular weight is 412 g/mol. The van der Waals surface area contributed by atoms with Crippen molar-refractivity contribution in [1.82, 2.24) is 0 Å². The maximum Gasteiger partial charge on any atom is 0.349 e. The first kappa shape index (κ1) is 20.3. The van der Waals surface area contributed by atoms with Crippen LogP contribution in [0.15, 0.2) is 53.1 Å². The summed E-state index contributed by atoms with van der Waals surface area (Å²) in [5.41, 5.74) is 2.39. The Kier molecular flexibility index (Phi) is 6.46. The first-order valence-corrected chi connectivity index (χ1v) is 9.79. The molecule has 0 aliphatic heterocycles. The summed E-state index contributed by atoms with van der Waals surface area (Å²) in [5, 5.41) is 5.86. The lowest BCUT2D eigenvalue weighted by Gasteiger charge is -2.07. The number of ether oxygens (including phenoxy) is 1. The molecule has 0 radical (unpaired) electrons. The van der Waals surface area contributed by atoms with Gasteiger partial charge in [0, 0.05) is 5.69 Å². The first-order chi connectivity index (χ1) is 14.0. The zero-order valence-electron chi connectivity index (χ0n) is 16.0. The summed E-state index contributed by atoms with van der Waals surface area (Å²) >= 11 is 1.07. The number of esters is 1. The molecule has 3 aromatic rings. The molecule has 2 aromatic heterocycles. The fraction of sp³-hybridized carbons (Fsp3) is 0.190. The van der Waals surface area contributed by atoms with Crippen LogP contribution < -0.4 is 10.6 Å². The molecule has 2 heterocycles. The Morgan fingerprint density at radius 1 is 1.10 bits per heavy atom. The number of anilines is 2. The molecule has 7 nitrogen and oxygen atoms in total. The van der Waals surface area contributed by atoms with Crippen LogP contribution >= 0.6 is 11.3 Å². The second-order valence-electron chi connectivity index (χ2n) is 6.23. The second-order valence-corrected chi connectivity index (χ2v) is 7.28. The highest BCUT2D eigenvalue weighted by Gasteiger charge is 2.18. The fourth-order valence-corrected chi connectivity index (χ4v) is 3.55. The summed E-state index contributed by atoms with van der Waals surface area (Å²) in [6.45, 7) is 3.35. The van der Waals surface area contributed by atoms with Gasteiger partial charge in [-0.05, 0) is 54.8 Å². The van der Waals surface area contributed by atoms with Gasteiger partial charge in [0.2, 0.25) is 0 Å². The van der Waals surface area contributed by atoms with Crippen molar-refractivity contribution in [3.63, 3.8) is 0 Å². The molecule has 3 rings (SSSR count). The van der Waals surface area contributed by atoms with E-state index < -0.39 is 24.4 Å². The van der Waals surface area contributed by atoms with E-state index in [2.05, 4.69) is 10.6 Å². The third-order valence-electron chi connectivity index (χ3n) is 4.04. The quantitative estimate of drug-likeness (QED) is 0.565. The van der Waals surface area contributed by atoms with E-state index >= 15 is 0 Å². The Morgan fingerprint density at radius 3 is 2.66 bits per heavy atom. The van der Waals surface area contributed by atoms with E-state index in [4.69, 9.17) is 9.15 Å². The lowest BCUT2D eigenvalue weighted by Crippen LogP contribution is -2.20. The molecule has 0 unspecified atom stereocenters. The van der Waals surface area contributed by atoms with Gasteiger partial charge in [-0.3, -0.25) is 9.59 Å². The maximum atomic E-state index is 12.3. The molecule has 0 spiro atoms. The van der Waals surface area contributed by atoms with Crippen molar-refractivity contribution < 1.29 is 23.5 Å². The van der Waals surface area contributed by atoms with Crippen molar-refractivity contribution in [2.45, 2.75) is 20.3 Å². The largest absolute Gasteiger partial charge is 0.459 e. The molecule has 0 saturated heterocycles. The molecule has 0 fully saturated rings. The molecule has 0 saturated carbocycles. The Balaban J connectivity index is 1.55. The Hall–Kier alpha value is -3.39. The number of thiophene rings is 1. The molecular weight excluding hydrogens is 392 g/mol. The summed E-state index contributed by atoms with van der Waals surface area (Å²) in [6.07, 6.45) is 2.26. The Labute approximate surface area is 171 Å². The highest BCUT2D eigenvalue weighted by molar-refractivity contribution is 7.18. The van der Waals surface area contributed by atoms with Crippen LogP contribution in [0, 0.1) is 6.92 Å². The van der Waals surface area contributed by atoms with Crippen LogP contribution in [0.5, 0.6) is 0 Å². The minimum Gasteiger partial charge on any atom is -0.459 e. The number of hydrogen-bond donors (Lipinski definition) is 2.